The Morgan fingerprint density at radius 2 is 1.94 bits per heavy atom. The summed E-state index contributed by atoms with van der Waals surface area (Å²) in [5, 5.41) is 8.69. The second-order valence-electron chi connectivity index (χ2n) is 3.58. The molecule has 2 aromatic rings. The highest BCUT2D eigenvalue weighted by atomic mass is 19.1. The first-order valence-corrected chi connectivity index (χ1v) is 4.90. The van der Waals surface area contributed by atoms with Crippen LogP contribution in [0.4, 0.5) is 4.39 Å². The van der Waals surface area contributed by atoms with Crippen molar-refractivity contribution in [3.8, 4) is 11.4 Å². The largest absolute Gasteiger partial charge is 0.478 e. The number of aromatic carboxylic acids is 1. The van der Waals surface area contributed by atoms with Gasteiger partial charge < -0.3 is 5.11 Å². The highest BCUT2D eigenvalue weighted by molar-refractivity contribution is 5.88. The Bertz CT molecular complexity index is 567. The summed E-state index contributed by atoms with van der Waals surface area (Å²) >= 11 is 0. The fourth-order valence-electron chi connectivity index (χ4n) is 1.37. The van der Waals surface area contributed by atoms with Gasteiger partial charge in [-0.2, -0.15) is 0 Å². The van der Waals surface area contributed by atoms with E-state index in [1.807, 2.05) is 6.92 Å². The molecule has 1 aromatic carbocycles. The lowest BCUT2D eigenvalue weighted by molar-refractivity contribution is 0.0692. The zero-order valence-electron chi connectivity index (χ0n) is 9.01. The summed E-state index contributed by atoms with van der Waals surface area (Å²) in [5.41, 5.74) is 0.990. The Morgan fingerprint density at radius 1 is 1.29 bits per heavy atom. The van der Waals surface area contributed by atoms with Crippen molar-refractivity contribution in [3.05, 3.63) is 47.5 Å². The quantitative estimate of drug-likeness (QED) is 0.862. The average molecular weight is 232 g/mol. The lowest BCUT2D eigenvalue weighted by Gasteiger charge is -2.02. The maximum absolute atomic E-state index is 13.4. The van der Waals surface area contributed by atoms with Crippen molar-refractivity contribution in [2.75, 3.05) is 0 Å². The van der Waals surface area contributed by atoms with E-state index in [-0.39, 0.29) is 5.56 Å². The molecule has 1 N–H and O–H groups in total. The maximum atomic E-state index is 13.4. The van der Waals surface area contributed by atoms with Crippen molar-refractivity contribution in [1.29, 1.82) is 0 Å². The molecule has 5 heteroatoms. The predicted octanol–water partition coefficient (Wildman–Crippen LogP) is 2.29. The van der Waals surface area contributed by atoms with Crippen LogP contribution in [0.3, 0.4) is 0 Å². The number of hydrogen-bond acceptors (Lipinski definition) is 3. The summed E-state index contributed by atoms with van der Waals surface area (Å²) in [6.45, 7) is 1.85. The fourth-order valence-corrected chi connectivity index (χ4v) is 1.37. The van der Waals surface area contributed by atoms with Crippen molar-refractivity contribution in [3.63, 3.8) is 0 Å². The van der Waals surface area contributed by atoms with Crippen LogP contribution >= 0.6 is 0 Å². The summed E-state index contributed by atoms with van der Waals surface area (Å²) < 4.78 is 13.4. The van der Waals surface area contributed by atoms with Crippen LogP contribution in [0.15, 0.2) is 30.6 Å². The predicted molar refractivity (Wildman–Crippen MR) is 59.1 cm³/mol. The van der Waals surface area contributed by atoms with Crippen LogP contribution in [-0.4, -0.2) is 21.0 Å². The molecule has 0 aliphatic rings. The van der Waals surface area contributed by atoms with Gasteiger partial charge in [0.15, 0.2) is 5.82 Å². The third-order valence-corrected chi connectivity index (χ3v) is 2.24. The lowest BCUT2D eigenvalue weighted by atomic mass is 10.1. The van der Waals surface area contributed by atoms with E-state index in [0.29, 0.717) is 11.4 Å². The van der Waals surface area contributed by atoms with Gasteiger partial charge >= 0.3 is 5.97 Å². The normalized spacial score (nSPS) is 10.2. The Labute approximate surface area is 96.8 Å². The topological polar surface area (TPSA) is 63.1 Å². The molecule has 0 aliphatic carbocycles. The van der Waals surface area contributed by atoms with Crippen molar-refractivity contribution < 1.29 is 14.3 Å². The minimum absolute atomic E-state index is 0.360. The van der Waals surface area contributed by atoms with E-state index in [1.54, 1.807) is 12.4 Å². The van der Waals surface area contributed by atoms with Gasteiger partial charge in [-0.3, -0.25) is 0 Å². The Balaban J connectivity index is 2.44. The third-order valence-electron chi connectivity index (χ3n) is 2.24. The minimum atomic E-state index is -1.29. The first kappa shape index (κ1) is 11.2. The Kier molecular flexibility index (Phi) is 2.82. The highest BCUT2D eigenvalue weighted by Gasteiger charge is 2.11. The molecule has 0 aliphatic heterocycles. The second kappa shape index (κ2) is 4.29. The van der Waals surface area contributed by atoms with Crippen LogP contribution in [0, 0.1) is 12.7 Å². The molecule has 4 nitrogen and oxygen atoms in total. The number of halogens is 1. The first-order chi connectivity index (χ1) is 8.08. The second-order valence-corrected chi connectivity index (χ2v) is 3.58. The average Bonchev–Trinajstić information content (AvgIpc) is 2.29. The molecule has 0 fully saturated rings. The van der Waals surface area contributed by atoms with Gasteiger partial charge in [-0.05, 0) is 24.6 Å². The molecule has 0 amide bonds. The third kappa shape index (κ3) is 2.28. The van der Waals surface area contributed by atoms with E-state index in [9.17, 15) is 9.18 Å². The van der Waals surface area contributed by atoms with Crippen LogP contribution in [0.2, 0.25) is 0 Å². The number of carboxylic acids is 1. The van der Waals surface area contributed by atoms with Crippen LogP contribution in [0.1, 0.15) is 15.9 Å². The van der Waals surface area contributed by atoms with Gasteiger partial charge in [0.1, 0.15) is 5.82 Å². The summed E-state index contributed by atoms with van der Waals surface area (Å²) in [5.74, 6) is -1.72. The van der Waals surface area contributed by atoms with Crippen molar-refractivity contribution in [2.24, 2.45) is 0 Å². The minimum Gasteiger partial charge on any atom is -0.478 e. The molecule has 0 atom stereocenters. The molecule has 0 unspecified atom stereocenters. The van der Waals surface area contributed by atoms with Gasteiger partial charge in [0.2, 0.25) is 0 Å². The molecule has 0 spiro atoms. The number of hydrogen-bond donors (Lipinski definition) is 1. The molecule has 0 bridgehead atoms. The zero-order valence-corrected chi connectivity index (χ0v) is 9.01. The lowest BCUT2D eigenvalue weighted by Crippen LogP contribution is -2.00. The van der Waals surface area contributed by atoms with E-state index >= 15 is 0 Å². The number of aromatic nitrogens is 2. The highest BCUT2D eigenvalue weighted by Crippen LogP contribution is 2.18. The Hall–Kier alpha value is -2.30. The van der Waals surface area contributed by atoms with Crippen molar-refractivity contribution in [2.45, 2.75) is 6.92 Å². The smallest absolute Gasteiger partial charge is 0.338 e. The summed E-state index contributed by atoms with van der Waals surface area (Å²) in [4.78, 5) is 18.7. The molecule has 0 saturated heterocycles. The van der Waals surface area contributed by atoms with Gasteiger partial charge in [-0.15, -0.1) is 0 Å². The van der Waals surface area contributed by atoms with Crippen molar-refractivity contribution in [1.82, 2.24) is 9.97 Å². The summed E-state index contributed by atoms with van der Waals surface area (Å²) in [6, 6.07) is 3.81. The van der Waals surface area contributed by atoms with Crippen LogP contribution in [0.5, 0.6) is 0 Å². The molecular weight excluding hydrogens is 223 g/mol. The van der Waals surface area contributed by atoms with Gasteiger partial charge in [-0.1, -0.05) is 6.07 Å². The standard InChI is InChI=1S/C12H9FN2O2/c1-7-5-14-11(15-6-7)8-2-3-9(12(16)17)10(13)4-8/h2-6H,1H3,(H,16,17). The van der Waals surface area contributed by atoms with E-state index < -0.39 is 11.8 Å². The molecule has 1 aromatic heterocycles. The van der Waals surface area contributed by atoms with E-state index in [4.69, 9.17) is 5.11 Å². The number of carboxylic acid groups (broad SMARTS) is 1. The summed E-state index contributed by atoms with van der Waals surface area (Å²) in [6.07, 6.45) is 3.23. The van der Waals surface area contributed by atoms with E-state index in [0.717, 1.165) is 11.6 Å². The van der Waals surface area contributed by atoms with E-state index in [1.165, 1.54) is 12.1 Å². The Morgan fingerprint density at radius 3 is 2.47 bits per heavy atom. The maximum Gasteiger partial charge on any atom is 0.338 e. The SMILES string of the molecule is Cc1cnc(-c2ccc(C(=O)O)c(F)c2)nc1. The van der Waals surface area contributed by atoms with Crippen LogP contribution in [0.25, 0.3) is 11.4 Å². The van der Waals surface area contributed by atoms with Crippen LogP contribution in [-0.2, 0) is 0 Å². The molecule has 2 rings (SSSR count). The number of rotatable bonds is 2. The monoisotopic (exact) mass is 232 g/mol. The van der Waals surface area contributed by atoms with Gasteiger partial charge in [-0.25, -0.2) is 19.2 Å². The van der Waals surface area contributed by atoms with Gasteiger partial charge in [0, 0.05) is 18.0 Å². The summed E-state index contributed by atoms with van der Waals surface area (Å²) in [7, 11) is 0. The molecule has 86 valence electrons. The molecule has 1 heterocycles. The number of nitrogens with zero attached hydrogens (tertiary/aromatic N) is 2. The number of benzene rings is 1. The molecular formula is C12H9FN2O2. The van der Waals surface area contributed by atoms with E-state index in [2.05, 4.69) is 9.97 Å². The van der Waals surface area contributed by atoms with Gasteiger partial charge in [0.25, 0.3) is 0 Å². The van der Waals surface area contributed by atoms with Gasteiger partial charge in [0.05, 0.1) is 5.56 Å². The number of aryl methyl sites for hydroxylation is 1. The fraction of sp³-hybridized carbons (Fsp3) is 0.0833. The molecule has 0 radical (unpaired) electrons. The number of carbonyl (C=O) groups is 1. The molecule has 0 saturated carbocycles. The first-order valence-electron chi connectivity index (χ1n) is 4.90. The zero-order chi connectivity index (χ0) is 12.4. The van der Waals surface area contributed by atoms with Crippen molar-refractivity contribution >= 4 is 5.97 Å². The van der Waals surface area contributed by atoms with Crippen LogP contribution < -0.4 is 0 Å². The molecule has 17 heavy (non-hydrogen) atoms.